The molecule has 0 aliphatic carbocycles. The maximum atomic E-state index is 11.9. The summed E-state index contributed by atoms with van der Waals surface area (Å²) in [6.07, 6.45) is -1.20. The van der Waals surface area contributed by atoms with E-state index in [0.29, 0.717) is 0 Å². The molecule has 0 unspecified atom stereocenters. The lowest BCUT2D eigenvalue weighted by molar-refractivity contribution is 0.0270. The van der Waals surface area contributed by atoms with Crippen LogP contribution in [0.15, 0.2) is 0 Å². The van der Waals surface area contributed by atoms with E-state index in [9.17, 15) is 18.3 Å². The van der Waals surface area contributed by atoms with Gasteiger partial charge >= 0.3 is 6.09 Å². The fraction of sp³-hybridized carbons (Fsp3) is 0.846. The minimum Gasteiger partial charge on any atom is -0.444 e. The molecule has 1 aliphatic rings. The van der Waals surface area contributed by atoms with Crippen LogP contribution in [-0.2, 0) is 14.8 Å². The number of carbonyl (C=O) groups is 1. The van der Waals surface area contributed by atoms with Crippen molar-refractivity contribution in [2.75, 3.05) is 18.8 Å². The zero-order valence-electron chi connectivity index (χ0n) is 13.1. The molecule has 0 aromatic carbocycles. The molecule has 0 aromatic heterocycles. The molecule has 9 heteroatoms. The summed E-state index contributed by atoms with van der Waals surface area (Å²) >= 11 is 0. The molecule has 22 heavy (non-hydrogen) atoms. The van der Waals surface area contributed by atoms with Crippen LogP contribution in [0.2, 0.25) is 0 Å². The van der Waals surface area contributed by atoms with Crippen LogP contribution in [0.4, 0.5) is 4.79 Å². The Balaban J connectivity index is 2.57. The Morgan fingerprint density at radius 2 is 2.09 bits per heavy atom. The van der Waals surface area contributed by atoms with Gasteiger partial charge in [0.05, 0.1) is 30.5 Å². The van der Waals surface area contributed by atoms with Crippen molar-refractivity contribution in [1.29, 1.82) is 5.26 Å². The van der Waals surface area contributed by atoms with Crippen molar-refractivity contribution in [3.63, 3.8) is 0 Å². The monoisotopic (exact) mass is 333 g/mol. The quantitative estimate of drug-likeness (QED) is 0.693. The van der Waals surface area contributed by atoms with Crippen molar-refractivity contribution in [3.8, 4) is 6.07 Å². The lowest BCUT2D eigenvalue weighted by atomic mass is 10.2. The summed E-state index contributed by atoms with van der Waals surface area (Å²) < 4.78 is 31.3. The number of hydrogen-bond acceptors (Lipinski definition) is 6. The Kier molecular flexibility index (Phi) is 6.17. The number of aliphatic hydroxyl groups is 1. The first-order chi connectivity index (χ1) is 10.0. The minimum absolute atomic E-state index is 0.0142. The number of sulfonamides is 1. The van der Waals surface area contributed by atoms with E-state index in [1.165, 1.54) is 4.90 Å². The third kappa shape index (κ3) is 6.17. The maximum Gasteiger partial charge on any atom is 0.410 e. The molecule has 126 valence electrons. The van der Waals surface area contributed by atoms with Gasteiger partial charge in [-0.2, -0.15) is 5.26 Å². The van der Waals surface area contributed by atoms with Gasteiger partial charge in [-0.3, -0.25) is 0 Å². The van der Waals surface area contributed by atoms with Gasteiger partial charge < -0.3 is 14.7 Å². The highest BCUT2D eigenvalue weighted by Gasteiger charge is 2.37. The van der Waals surface area contributed by atoms with Gasteiger partial charge in [0.2, 0.25) is 10.0 Å². The summed E-state index contributed by atoms with van der Waals surface area (Å²) in [6.45, 7) is 5.25. The smallest absolute Gasteiger partial charge is 0.410 e. The first-order valence-electron chi connectivity index (χ1n) is 7.07. The van der Waals surface area contributed by atoms with E-state index < -0.39 is 33.9 Å². The number of β-amino-alcohol motifs (C(OH)–C–C–N with tert-alkyl or cyclic N) is 1. The molecule has 2 atom stereocenters. The number of aliphatic hydroxyl groups excluding tert-OH is 1. The molecule has 0 saturated carbocycles. The molecule has 1 heterocycles. The van der Waals surface area contributed by atoms with E-state index in [0.717, 1.165) is 0 Å². The van der Waals surface area contributed by atoms with Crippen molar-refractivity contribution < 1.29 is 23.1 Å². The van der Waals surface area contributed by atoms with Gasteiger partial charge in [0.15, 0.2) is 0 Å². The van der Waals surface area contributed by atoms with Crippen LogP contribution in [0.5, 0.6) is 0 Å². The minimum atomic E-state index is -3.59. The lowest BCUT2D eigenvalue weighted by Gasteiger charge is -2.24. The van der Waals surface area contributed by atoms with E-state index >= 15 is 0 Å². The molecular weight excluding hydrogens is 310 g/mol. The number of ether oxygens (including phenoxy) is 1. The summed E-state index contributed by atoms with van der Waals surface area (Å²) in [5.41, 5.74) is -0.656. The predicted molar refractivity (Wildman–Crippen MR) is 79.4 cm³/mol. The number of nitrogens with one attached hydrogen (secondary N) is 1. The van der Waals surface area contributed by atoms with Crippen LogP contribution in [-0.4, -0.2) is 61.1 Å². The third-order valence-corrected chi connectivity index (χ3v) is 4.46. The topological polar surface area (TPSA) is 120 Å². The van der Waals surface area contributed by atoms with Gasteiger partial charge in [-0.1, -0.05) is 0 Å². The predicted octanol–water partition coefficient (Wildman–Crippen LogP) is 0.190. The highest BCUT2D eigenvalue weighted by molar-refractivity contribution is 7.89. The van der Waals surface area contributed by atoms with Gasteiger partial charge in [-0.05, 0) is 27.2 Å². The molecular formula is C13H23N3O5S. The number of rotatable bonds is 5. The molecule has 1 saturated heterocycles. The standard InChI is InChI=1S/C13H23N3O5S/c1-13(2,3)21-12(18)16-8-10(11(17)9-16)15-22(19,20)7-5-4-6-14/h10-11,15,17H,4-5,7-9H2,1-3H3/t10-,11+/m0/s1. The number of nitrogens with zero attached hydrogens (tertiary/aromatic N) is 2. The summed E-state index contributed by atoms with van der Waals surface area (Å²) in [7, 11) is -3.59. The third-order valence-electron chi connectivity index (χ3n) is 2.97. The Hall–Kier alpha value is -1.37. The van der Waals surface area contributed by atoms with Crippen LogP contribution < -0.4 is 4.72 Å². The lowest BCUT2D eigenvalue weighted by Crippen LogP contribution is -2.44. The molecule has 8 nitrogen and oxygen atoms in total. The second kappa shape index (κ2) is 7.26. The first kappa shape index (κ1) is 18.7. The van der Waals surface area contributed by atoms with E-state index in [1.54, 1.807) is 20.8 Å². The Morgan fingerprint density at radius 3 is 2.64 bits per heavy atom. The first-order valence-corrected chi connectivity index (χ1v) is 8.72. The average Bonchev–Trinajstić information content (AvgIpc) is 2.68. The molecule has 0 spiro atoms. The number of carbonyl (C=O) groups excluding carboxylic acids is 1. The molecule has 0 aromatic rings. The fourth-order valence-corrected chi connectivity index (χ4v) is 3.34. The van der Waals surface area contributed by atoms with E-state index in [2.05, 4.69) is 4.72 Å². The van der Waals surface area contributed by atoms with Crippen molar-refractivity contribution in [2.24, 2.45) is 0 Å². The Morgan fingerprint density at radius 1 is 1.45 bits per heavy atom. The van der Waals surface area contributed by atoms with Crippen LogP contribution in [0.1, 0.15) is 33.6 Å². The molecule has 2 N–H and O–H groups in total. The molecule has 1 aliphatic heterocycles. The highest BCUT2D eigenvalue weighted by Crippen LogP contribution is 2.16. The largest absolute Gasteiger partial charge is 0.444 e. The maximum absolute atomic E-state index is 11.9. The van der Waals surface area contributed by atoms with Gasteiger partial charge in [-0.25, -0.2) is 17.9 Å². The summed E-state index contributed by atoms with van der Waals surface area (Å²) in [5, 5.41) is 18.3. The molecule has 1 rings (SSSR count). The number of likely N-dealkylation sites (tertiary alicyclic amines) is 1. The van der Waals surface area contributed by atoms with Gasteiger partial charge in [0, 0.05) is 13.0 Å². The van der Waals surface area contributed by atoms with Gasteiger partial charge in [0.25, 0.3) is 0 Å². The van der Waals surface area contributed by atoms with Crippen LogP contribution in [0.25, 0.3) is 0 Å². The zero-order valence-corrected chi connectivity index (χ0v) is 13.9. The van der Waals surface area contributed by atoms with Crippen molar-refractivity contribution in [3.05, 3.63) is 0 Å². The molecule has 0 bridgehead atoms. The fourth-order valence-electron chi connectivity index (χ4n) is 2.01. The Bertz CT molecular complexity index is 535. The molecule has 1 fully saturated rings. The number of unbranched alkanes of at least 4 members (excludes halogenated alkanes) is 1. The van der Waals surface area contributed by atoms with Crippen molar-refractivity contribution in [2.45, 2.75) is 51.4 Å². The van der Waals surface area contributed by atoms with Crippen LogP contribution >= 0.6 is 0 Å². The van der Waals surface area contributed by atoms with Crippen LogP contribution in [0.3, 0.4) is 0 Å². The second-order valence-electron chi connectivity index (χ2n) is 6.26. The number of hydrogen-bond donors (Lipinski definition) is 2. The zero-order chi connectivity index (χ0) is 17.0. The molecule has 0 radical (unpaired) electrons. The highest BCUT2D eigenvalue weighted by atomic mass is 32.2. The summed E-state index contributed by atoms with van der Waals surface area (Å²) in [6, 6.07) is 1.11. The van der Waals surface area contributed by atoms with Gasteiger partial charge in [0.1, 0.15) is 5.60 Å². The van der Waals surface area contributed by atoms with Crippen LogP contribution in [0, 0.1) is 11.3 Å². The van der Waals surface area contributed by atoms with Gasteiger partial charge in [-0.15, -0.1) is 0 Å². The number of amides is 1. The van der Waals surface area contributed by atoms with Crippen molar-refractivity contribution >= 4 is 16.1 Å². The second-order valence-corrected chi connectivity index (χ2v) is 8.13. The van der Waals surface area contributed by atoms with E-state index in [4.69, 9.17) is 10.00 Å². The number of nitriles is 1. The SMILES string of the molecule is CC(C)(C)OC(=O)N1C[C@@H](O)[C@@H](NS(=O)(=O)CCCC#N)C1. The van der Waals surface area contributed by atoms with E-state index in [1.807, 2.05) is 6.07 Å². The molecule has 1 amide bonds. The van der Waals surface area contributed by atoms with E-state index in [-0.39, 0.29) is 31.7 Å². The average molecular weight is 333 g/mol. The summed E-state index contributed by atoms with van der Waals surface area (Å²) in [5.74, 6) is -0.184. The normalized spacial score (nSPS) is 22.4. The summed E-state index contributed by atoms with van der Waals surface area (Å²) in [4.78, 5) is 13.2. The Labute approximate surface area is 131 Å². The van der Waals surface area contributed by atoms with Crippen molar-refractivity contribution in [1.82, 2.24) is 9.62 Å².